The highest BCUT2D eigenvalue weighted by molar-refractivity contribution is 5.99. The fourth-order valence-electron chi connectivity index (χ4n) is 1.91. The molecule has 1 aliphatic heterocycles. The van der Waals surface area contributed by atoms with Crippen molar-refractivity contribution in [1.82, 2.24) is 0 Å². The van der Waals surface area contributed by atoms with Gasteiger partial charge >= 0.3 is 5.97 Å². The van der Waals surface area contributed by atoms with Crippen molar-refractivity contribution >= 4 is 11.9 Å². The van der Waals surface area contributed by atoms with Gasteiger partial charge in [0, 0.05) is 13.3 Å². The van der Waals surface area contributed by atoms with Crippen LogP contribution in [0.25, 0.3) is 0 Å². The third-order valence-electron chi connectivity index (χ3n) is 2.62. The van der Waals surface area contributed by atoms with Crippen molar-refractivity contribution in [3.63, 3.8) is 0 Å². The van der Waals surface area contributed by atoms with E-state index < -0.39 is 5.54 Å². The smallest absolute Gasteiger partial charge is 0.345 e. The van der Waals surface area contributed by atoms with Crippen molar-refractivity contribution in [2.24, 2.45) is 4.99 Å². The molecule has 0 fully saturated rings. The van der Waals surface area contributed by atoms with Crippen LogP contribution in [0.3, 0.4) is 0 Å². The lowest BCUT2D eigenvalue weighted by atomic mass is 9.88. The van der Waals surface area contributed by atoms with Gasteiger partial charge in [-0.05, 0) is 5.56 Å². The van der Waals surface area contributed by atoms with E-state index in [0.717, 1.165) is 5.56 Å². The van der Waals surface area contributed by atoms with Gasteiger partial charge in [-0.1, -0.05) is 36.4 Å². The van der Waals surface area contributed by atoms with Crippen molar-refractivity contribution in [1.29, 1.82) is 0 Å². The van der Waals surface area contributed by atoms with Crippen molar-refractivity contribution in [2.45, 2.75) is 18.9 Å². The minimum Gasteiger partial charge on any atom is -0.410 e. The number of rotatable bonds is 3. The highest BCUT2D eigenvalue weighted by Crippen LogP contribution is 2.35. The van der Waals surface area contributed by atoms with Crippen LogP contribution in [-0.4, -0.2) is 11.9 Å². The van der Waals surface area contributed by atoms with Crippen LogP contribution < -0.4 is 0 Å². The van der Waals surface area contributed by atoms with Gasteiger partial charge < -0.3 is 4.74 Å². The number of nitrogens with zero attached hydrogens (tertiary/aromatic N) is 1. The molecule has 82 valence electrons. The van der Waals surface area contributed by atoms with Gasteiger partial charge in [-0.15, -0.1) is 6.58 Å². The topological polar surface area (TPSA) is 38.7 Å². The molecule has 2 rings (SSSR count). The molecule has 16 heavy (non-hydrogen) atoms. The third kappa shape index (κ3) is 1.54. The number of carbonyl (C=O) groups excluding carboxylic acids is 1. The fourth-order valence-corrected chi connectivity index (χ4v) is 1.91. The van der Waals surface area contributed by atoms with Gasteiger partial charge in [0.1, 0.15) is 0 Å². The normalized spacial score (nSPS) is 23.8. The average Bonchev–Trinajstić information content (AvgIpc) is 2.57. The Bertz CT molecular complexity index is 450. The number of aliphatic imine (C=N–C) groups is 1. The van der Waals surface area contributed by atoms with Crippen LogP contribution in [0.5, 0.6) is 0 Å². The van der Waals surface area contributed by atoms with Gasteiger partial charge in [0.05, 0.1) is 0 Å². The van der Waals surface area contributed by atoms with Crippen LogP contribution in [0.15, 0.2) is 48.0 Å². The van der Waals surface area contributed by atoms with Gasteiger partial charge in [-0.2, -0.15) is 0 Å². The lowest BCUT2D eigenvalue weighted by Crippen LogP contribution is -2.30. The van der Waals surface area contributed by atoms with Crippen LogP contribution in [0, 0.1) is 0 Å². The first-order valence-corrected chi connectivity index (χ1v) is 5.14. The van der Waals surface area contributed by atoms with E-state index in [-0.39, 0.29) is 5.97 Å². The number of carbonyl (C=O) groups is 1. The van der Waals surface area contributed by atoms with Crippen LogP contribution in [0.2, 0.25) is 0 Å². The van der Waals surface area contributed by atoms with Crippen LogP contribution in [0.4, 0.5) is 0 Å². The molecular formula is C13H13NO2. The van der Waals surface area contributed by atoms with E-state index >= 15 is 0 Å². The van der Waals surface area contributed by atoms with Crippen molar-refractivity contribution in [2.75, 3.05) is 0 Å². The van der Waals surface area contributed by atoms with Crippen LogP contribution >= 0.6 is 0 Å². The second-order valence-electron chi connectivity index (χ2n) is 3.74. The molecule has 0 amide bonds. The molecule has 0 saturated carbocycles. The Morgan fingerprint density at radius 1 is 1.44 bits per heavy atom. The number of hydrogen-bond donors (Lipinski definition) is 0. The molecular weight excluding hydrogens is 202 g/mol. The Hall–Kier alpha value is -1.90. The number of cyclic esters (lactones) is 1. The molecule has 0 aliphatic carbocycles. The standard InChI is InChI=1S/C13H13NO2/c1-3-9-13(11-7-5-4-6-8-11)12(15)16-10(2)14-13/h3-8H,1,9H2,2H3. The summed E-state index contributed by atoms with van der Waals surface area (Å²) in [7, 11) is 0. The van der Waals surface area contributed by atoms with Gasteiger partial charge in [-0.3, -0.25) is 0 Å². The number of ether oxygens (including phenoxy) is 1. The van der Waals surface area contributed by atoms with Crippen molar-refractivity contribution in [3.8, 4) is 0 Å². The zero-order valence-corrected chi connectivity index (χ0v) is 9.14. The Kier molecular flexibility index (Phi) is 2.60. The zero-order chi connectivity index (χ0) is 11.6. The van der Waals surface area contributed by atoms with E-state index in [1.165, 1.54) is 0 Å². The predicted molar refractivity (Wildman–Crippen MR) is 62.1 cm³/mol. The Balaban J connectivity index is 2.52. The lowest BCUT2D eigenvalue weighted by molar-refractivity contribution is -0.139. The summed E-state index contributed by atoms with van der Waals surface area (Å²) in [6, 6.07) is 9.44. The first-order valence-electron chi connectivity index (χ1n) is 5.14. The van der Waals surface area contributed by atoms with E-state index in [9.17, 15) is 4.79 Å². The number of esters is 1. The number of benzene rings is 1. The van der Waals surface area contributed by atoms with Gasteiger partial charge in [-0.25, -0.2) is 9.79 Å². The second kappa shape index (κ2) is 3.93. The second-order valence-corrected chi connectivity index (χ2v) is 3.74. The van der Waals surface area contributed by atoms with E-state index in [2.05, 4.69) is 11.6 Å². The molecule has 0 radical (unpaired) electrons. The highest BCUT2D eigenvalue weighted by Gasteiger charge is 2.45. The fraction of sp³-hybridized carbons (Fsp3) is 0.231. The quantitative estimate of drug-likeness (QED) is 0.573. The molecule has 0 bridgehead atoms. The number of hydrogen-bond acceptors (Lipinski definition) is 3. The third-order valence-corrected chi connectivity index (χ3v) is 2.62. The maximum absolute atomic E-state index is 11.9. The molecule has 3 heteroatoms. The summed E-state index contributed by atoms with van der Waals surface area (Å²) < 4.78 is 5.05. The summed E-state index contributed by atoms with van der Waals surface area (Å²) in [4.78, 5) is 16.2. The predicted octanol–water partition coefficient (Wildman–Crippen LogP) is 2.43. The average molecular weight is 215 g/mol. The molecule has 1 heterocycles. The summed E-state index contributed by atoms with van der Waals surface area (Å²) in [6.45, 7) is 5.36. The summed E-state index contributed by atoms with van der Waals surface area (Å²) in [5, 5.41) is 0. The molecule has 0 aromatic heterocycles. The Labute approximate surface area is 94.5 Å². The molecule has 0 saturated heterocycles. The molecule has 1 unspecified atom stereocenters. The SMILES string of the molecule is C=CCC1(c2ccccc2)N=C(C)OC1=O. The minimum absolute atomic E-state index is 0.323. The molecule has 1 aromatic carbocycles. The molecule has 0 N–H and O–H groups in total. The van der Waals surface area contributed by atoms with Crippen LogP contribution in [0.1, 0.15) is 18.9 Å². The van der Waals surface area contributed by atoms with Crippen LogP contribution in [-0.2, 0) is 15.1 Å². The van der Waals surface area contributed by atoms with Crippen molar-refractivity contribution < 1.29 is 9.53 Å². The van der Waals surface area contributed by atoms with Gasteiger partial charge in [0.25, 0.3) is 0 Å². The van der Waals surface area contributed by atoms with E-state index in [4.69, 9.17) is 4.74 Å². The maximum atomic E-state index is 11.9. The molecule has 1 atom stereocenters. The molecule has 1 aliphatic rings. The Morgan fingerprint density at radius 3 is 2.62 bits per heavy atom. The summed E-state index contributed by atoms with van der Waals surface area (Å²) in [6.07, 6.45) is 2.14. The van der Waals surface area contributed by atoms with Gasteiger partial charge in [0.15, 0.2) is 11.4 Å². The molecule has 0 spiro atoms. The zero-order valence-electron chi connectivity index (χ0n) is 9.14. The molecule has 3 nitrogen and oxygen atoms in total. The largest absolute Gasteiger partial charge is 0.410 e. The lowest BCUT2D eigenvalue weighted by Gasteiger charge is -2.20. The Morgan fingerprint density at radius 2 is 2.12 bits per heavy atom. The van der Waals surface area contributed by atoms with E-state index in [1.54, 1.807) is 13.0 Å². The molecule has 1 aromatic rings. The first-order chi connectivity index (χ1) is 7.69. The maximum Gasteiger partial charge on any atom is 0.345 e. The van der Waals surface area contributed by atoms with Crippen molar-refractivity contribution in [3.05, 3.63) is 48.6 Å². The summed E-state index contributed by atoms with van der Waals surface area (Å²) in [5.74, 6) is 0.0896. The summed E-state index contributed by atoms with van der Waals surface area (Å²) in [5.41, 5.74) is -0.0793. The minimum atomic E-state index is -0.924. The van der Waals surface area contributed by atoms with E-state index in [1.807, 2.05) is 30.3 Å². The highest BCUT2D eigenvalue weighted by atomic mass is 16.6. The first kappa shape index (κ1) is 10.6. The van der Waals surface area contributed by atoms with Gasteiger partial charge in [0.2, 0.25) is 0 Å². The van der Waals surface area contributed by atoms with E-state index in [0.29, 0.717) is 12.3 Å². The summed E-state index contributed by atoms with van der Waals surface area (Å²) >= 11 is 0. The monoisotopic (exact) mass is 215 g/mol.